The van der Waals surface area contributed by atoms with Crippen LogP contribution in [0.5, 0.6) is 11.5 Å². The average Bonchev–Trinajstić information content (AvgIpc) is 2.21. The molecule has 1 aromatic carbocycles. The number of amidine groups is 1. The van der Waals surface area contributed by atoms with Crippen LogP contribution in [0.3, 0.4) is 0 Å². The maximum atomic E-state index is 5.52. The minimum Gasteiger partial charge on any atom is -0.490 e. The Balaban J connectivity index is 3.01. The van der Waals surface area contributed by atoms with Gasteiger partial charge in [-0.1, -0.05) is 0 Å². The second kappa shape index (κ2) is 6.00. The molecule has 16 heavy (non-hydrogen) atoms. The topological polar surface area (TPSA) is 56.8 Å². The van der Waals surface area contributed by atoms with Crippen LogP contribution in [-0.4, -0.2) is 19.0 Å². The van der Waals surface area contributed by atoms with Crippen molar-refractivity contribution in [2.24, 2.45) is 10.7 Å². The van der Waals surface area contributed by atoms with Crippen LogP contribution in [-0.2, 0) is 0 Å². The van der Waals surface area contributed by atoms with E-state index in [0.29, 0.717) is 24.8 Å². The van der Waals surface area contributed by atoms with Crippen molar-refractivity contribution in [3.8, 4) is 11.5 Å². The zero-order valence-electron chi connectivity index (χ0n) is 9.99. The third-order valence-corrected chi connectivity index (χ3v) is 1.83. The van der Waals surface area contributed by atoms with Crippen molar-refractivity contribution >= 4 is 11.5 Å². The molecule has 0 spiro atoms. The molecule has 0 radical (unpaired) electrons. The van der Waals surface area contributed by atoms with Crippen molar-refractivity contribution in [3.63, 3.8) is 0 Å². The Morgan fingerprint density at radius 3 is 2.38 bits per heavy atom. The molecule has 0 aromatic heterocycles. The van der Waals surface area contributed by atoms with Crippen LogP contribution in [0.2, 0.25) is 0 Å². The lowest BCUT2D eigenvalue weighted by molar-refractivity contribution is 0.288. The number of nitrogens with two attached hydrogens (primary N) is 1. The maximum absolute atomic E-state index is 5.52. The highest BCUT2D eigenvalue weighted by atomic mass is 16.5. The summed E-state index contributed by atoms with van der Waals surface area (Å²) in [5.41, 5.74) is 6.29. The van der Waals surface area contributed by atoms with E-state index >= 15 is 0 Å². The lowest BCUT2D eigenvalue weighted by Crippen LogP contribution is -2.04. The fourth-order valence-electron chi connectivity index (χ4n) is 1.31. The summed E-state index contributed by atoms with van der Waals surface area (Å²) in [4.78, 5) is 4.16. The summed E-state index contributed by atoms with van der Waals surface area (Å²) < 4.78 is 10.9. The molecule has 1 aromatic rings. The van der Waals surface area contributed by atoms with Crippen molar-refractivity contribution in [2.75, 3.05) is 13.2 Å². The van der Waals surface area contributed by atoms with Gasteiger partial charge in [0.1, 0.15) is 0 Å². The summed E-state index contributed by atoms with van der Waals surface area (Å²) in [5, 5.41) is 0. The smallest absolute Gasteiger partial charge is 0.163 e. The Bertz CT molecular complexity index is 371. The summed E-state index contributed by atoms with van der Waals surface area (Å²) >= 11 is 0. The molecule has 0 aliphatic rings. The molecule has 1 rings (SSSR count). The Kier molecular flexibility index (Phi) is 4.64. The number of benzene rings is 1. The normalized spacial score (nSPS) is 11.3. The van der Waals surface area contributed by atoms with Gasteiger partial charge >= 0.3 is 0 Å². The molecule has 0 amide bonds. The summed E-state index contributed by atoms with van der Waals surface area (Å²) in [6.07, 6.45) is 0. The molecule has 0 aliphatic heterocycles. The second-order valence-corrected chi connectivity index (χ2v) is 3.25. The van der Waals surface area contributed by atoms with Gasteiger partial charge in [0.05, 0.1) is 24.7 Å². The Labute approximate surface area is 96.1 Å². The number of hydrogen-bond donors (Lipinski definition) is 1. The van der Waals surface area contributed by atoms with Crippen LogP contribution in [0, 0.1) is 0 Å². The van der Waals surface area contributed by atoms with Crippen molar-refractivity contribution in [3.05, 3.63) is 18.2 Å². The number of ether oxygens (including phenoxy) is 2. The quantitative estimate of drug-likeness (QED) is 0.615. The van der Waals surface area contributed by atoms with Crippen molar-refractivity contribution < 1.29 is 9.47 Å². The minimum absolute atomic E-state index is 0.520. The molecule has 4 heteroatoms. The monoisotopic (exact) mass is 222 g/mol. The van der Waals surface area contributed by atoms with E-state index in [9.17, 15) is 0 Å². The van der Waals surface area contributed by atoms with Gasteiger partial charge in [0.25, 0.3) is 0 Å². The first-order chi connectivity index (χ1) is 7.67. The van der Waals surface area contributed by atoms with E-state index in [1.54, 1.807) is 6.92 Å². The zero-order chi connectivity index (χ0) is 12.0. The van der Waals surface area contributed by atoms with Crippen molar-refractivity contribution in [2.45, 2.75) is 20.8 Å². The summed E-state index contributed by atoms with van der Waals surface area (Å²) in [6.45, 7) is 6.82. The molecule has 0 fully saturated rings. The Morgan fingerprint density at radius 1 is 1.19 bits per heavy atom. The van der Waals surface area contributed by atoms with Crippen LogP contribution < -0.4 is 15.2 Å². The van der Waals surface area contributed by atoms with Crippen LogP contribution in [0.15, 0.2) is 23.2 Å². The van der Waals surface area contributed by atoms with E-state index < -0.39 is 0 Å². The fourth-order valence-corrected chi connectivity index (χ4v) is 1.31. The van der Waals surface area contributed by atoms with Crippen molar-refractivity contribution in [1.29, 1.82) is 0 Å². The average molecular weight is 222 g/mol. The van der Waals surface area contributed by atoms with Gasteiger partial charge < -0.3 is 15.2 Å². The largest absolute Gasteiger partial charge is 0.490 e. The number of aliphatic imine (C=N–C) groups is 1. The van der Waals surface area contributed by atoms with Crippen molar-refractivity contribution in [1.82, 2.24) is 0 Å². The molecule has 2 N–H and O–H groups in total. The fraction of sp³-hybridized carbons (Fsp3) is 0.417. The van der Waals surface area contributed by atoms with Gasteiger partial charge in [-0.2, -0.15) is 0 Å². The third kappa shape index (κ3) is 3.46. The van der Waals surface area contributed by atoms with Crippen LogP contribution >= 0.6 is 0 Å². The van der Waals surface area contributed by atoms with E-state index in [2.05, 4.69) is 4.99 Å². The molecule has 0 saturated carbocycles. The van der Waals surface area contributed by atoms with E-state index in [1.807, 2.05) is 32.0 Å². The molecule has 0 heterocycles. The standard InChI is InChI=1S/C12H18N2O2/c1-4-15-11-7-6-10(14-9(3)13)8-12(11)16-5-2/h6-8H,4-5H2,1-3H3,(H2,13,14). The molecular formula is C12H18N2O2. The first-order valence-electron chi connectivity index (χ1n) is 5.37. The second-order valence-electron chi connectivity index (χ2n) is 3.25. The Morgan fingerprint density at radius 2 is 1.81 bits per heavy atom. The van der Waals surface area contributed by atoms with Crippen LogP contribution in [0.25, 0.3) is 0 Å². The number of hydrogen-bond acceptors (Lipinski definition) is 3. The summed E-state index contributed by atoms with van der Waals surface area (Å²) in [5.74, 6) is 1.96. The van der Waals surface area contributed by atoms with Gasteiger partial charge in [0.2, 0.25) is 0 Å². The molecule has 0 unspecified atom stereocenters. The summed E-state index contributed by atoms with van der Waals surface area (Å²) in [6, 6.07) is 5.52. The highest BCUT2D eigenvalue weighted by molar-refractivity contribution is 5.80. The summed E-state index contributed by atoms with van der Waals surface area (Å²) in [7, 11) is 0. The predicted octanol–water partition coefficient (Wildman–Crippen LogP) is 2.49. The predicted molar refractivity (Wildman–Crippen MR) is 65.7 cm³/mol. The van der Waals surface area contributed by atoms with Gasteiger partial charge in [0.15, 0.2) is 11.5 Å². The first-order valence-corrected chi connectivity index (χ1v) is 5.37. The van der Waals surface area contributed by atoms with E-state index in [4.69, 9.17) is 15.2 Å². The molecule has 0 atom stereocenters. The first kappa shape index (κ1) is 12.4. The molecular weight excluding hydrogens is 204 g/mol. The lowest BCUT2D eigenvalue weighted by atomic mass is 10.3. The minimum atomic E-state index is 0.520. The van der Waals surface area contributed by atoms with Gasteiger partial charge in [0, 0.05) is 6.07 Å². The molecule has 0 aliphatic carbocycles. The molecule has 88 valence electrons. The van der Waals surface area contributed by atoms with Gasteiger partial charge in [-0.25, -0.2) is 4.99 Å². The molecule has 0 bridgehead atoms. The lowest BCUT2D eigenvalue weighted by Gasteiger charge is -2.11. The van der Waals surface area contributed by atoms with E-state index in [1.165, 1.54) is 0 Å². The van der Waals surface area contributed by atoms with Gasteiger partial charge in [-0.05, 0) is 32.9 Å². The third-order valence-electron chi connectivity index (χ3n) is 1.83. The molecule has 4 nitrogen and oxygen atoms in total. The Hall–Kier alpha value is -1.71. The SMILES string of the molecule is CCOc1ccc(N=C(C)N)cc1OCC. The van der Waals surface area contributed by atoms with Gasteiger partial charge in [-0.15, -0.1) is 0 Å². The van der Waals surface area contributed by atoms with E-state index in [0.717, 1.165) is 11.4 Å². The highest BCUT2D eigenvalue weighted by Gasteiger charge is 2.05. The highest BCUT2D eigenvalue weighted by Crippen LogP contribution is 2.31. The number of rotatable bonds is 5. The van der Waals surface area contributed by atoms with E-state index in [-0.39, 0.29) is 0 Å². The van der Waals surface area contributed by atoms with Crippen LogP contribution in [0.1, 0.15) is 20.8 Å². The zero-order valence-corrected chi connectivity index (χ0v) is 9.99. The number of nitrogens with zero attached hydrogens (tertiary/aromatic N) is 1. The molecule has 0 saturated heterocycles. The maximum Gasteiger partial charge on any atom is 0.163 e. The van der Waals surface area contributed by atoms with Gasteiger partial charge in [-0.3, -0.25) is 0 Å². The van der Waals surface area contributed by atoms with Crippen LogP contribution in [0.4, 0.5) is 5.69 Å².